The van der Waals surface area contributed by atoms with E-state index in [9.17, 15) is 22.0 Å². The van der Waals surface area contributed by atoms with E-state index in [0.29, 0.717) is 29.5 Å². The molecule has 2 aromatic rings. The largest absolute Gasteiger partial charge is 0.573 e. The molecule has 0 bridgehead atoms. The van der Waals surface area contributed by atoms with Crippen LogP contribution < -0.4 is 4.74 Å². The molecule has 2 saturated carbocycles. The zero-order valence-electron chi connectivity index (χ0n) is 20.0. The van der Waals surface area contributed by atoms with Gasteiger partial charge in [0.05, 0.1) is 5.56 Å². The van der Waals surface area contributed by atoms with E-state index in [-0.39, 0.29) is 5.92 Å². The molecule has 0 amide bonds. The number of hydrogen-bond acceptors (Lipinski definition) is 1. The molecule has 4 atom stereocenters. The fourth-order valence-corrected chi connectivity index (χ4v) is 6.07. The van der Waals surface area contributed by atoms with Gasteiger partial charge >= 0.3 is 6.36 Å². The molecule has 2 aliphatic rings. The molecular formula is C28H29F7O. The first-order chi connectivity index (χ1) is 17.1. The van der Waals surface area contributed by atoms with E-state index >= 15 is 8.78 Å². The van der Waals surface area contributed by atoms with Crippen molar-refractivity contribution in [2.24, 2.45) is 17.8 Å². The average Bonchev–Trinajstić information content (AvgIpc) is 2.80. The number of rotatable bonds is 6. The molecule has 0 radical (unpaired) electrons. The van der Waals surface area contributed by atoms with Crippen LogP contribution in [0.5, 0.6) is 5.75 Å². The molecule has 2 aliphatic carbocycles. The van der Waals surface area contributed by atoms with E-state index in [4.69, 9.17) is 0 Å². The molecule has 196 valence electrons. The van der Waals surface area contributed by atoms with Gasteiger partial charge in [0.15, 0.2) is 11.6 Å². The lowest BCUT2D eigenvalue weighted by atomic mass is 9.63. The summed E-state index contributed by atoms with van der Waals surface area (Å²) in [4.78, 5) is 0. The summed E-state index contributed by atoms with van der Waals surface area (Å²) in [5.41, 5.74) is -0.730. The van der Waals surface area contributed by atoms with E-state index in [0.717, 1.165) is 44.4 Å². The number of benzene rings is 2. The highest BCUT2D eigenvalue weighted by atomic mass is 19.4. The van der Waals surface area contributed by atoms with Crippen molar-refractivity contribution in [1.82, 2.24) is 0 Å². The average molecular weight is 515 g/mol. The highest BCUT2D eigenvalue weighted by Gasteiger charge is 2.37. The SMILES string of the molecule is C/C=C/CCC1CCC2CC(c3cc(F)c(-c4cc(F)c(OC(F)(F)F)c(F)c4)c(F)c3)CCC2C1. The summed E-state index contributed by atoms with van der Waals surface area (Å²) in [6.45, 7) is 2.02. The van der Waals surface area contributed by atoms with E-state index in [2.05, 4.69) is 16.9 Å². The molecule has 8 heteroatoms. The molecule has 0 spiro atoms. The molecule has 0 aromatic heterocycles. The second kappa shape index (κ2) is 10.9. The van der Waals surface area contributed by atoms with Crippen molar-refractivity contribution in [3.8, 4) is 16.9 Å². The van der Waals surface area contributed by atoms with Crippen LogP contribution in [0.15, 0.2) is 36.4 Å². The Kier molecular flexibility index (Phi) is 8.00. The van der Waals surface area contributed by atoms with Gasteiger partial charge in [-0.2, -0.15) is 0 Å². The summed E-state index contributed by atoms with van der Waals surface area (Å²) < 4.78 is 98.8. The van der Waals surface area contributed by atoms with Crippen molar-refractivity contribution in [3.63, 3.8) is 0 Å². The molecule has 2 aromatic carbocycles. The Morgan fingerprint density at radius 2 is 1.44 bits per heavy atom. The van der Waals surface area contributed by atoms with Crippen LogP contribution in [-0.4, -0.2) is 6.36 Å². The van der Waals surface area contributed by atoms with E-state index in [1.807, 2.05) is 6.92 Å². The van der Waals surface area contributed by atoms with Gasteiger partial charge in [0, 0.05) is 0 Å². The molecule has 36 heavy (non-hydrogen) atoms. The molecule has 2 fully saturated rings. The van der Waals surface area contributed by atoms with Crippen LogP contribution in [-0.2, 0) is 0 Å². The summed E-state index contributed by atoms with van der Waals surface area (Å²) in [6.07, 6.45) is 7.37. The highest BCUT2D eigenvalue weighted by molar-refractivity contribution is 5.66. The van der Waals surface area contributed by atoms with Gasteiger partial charge in [-0.15, -0.1) is 13.2 Å². The van der Waals surface area contributed by atoms with Crippen LogP contribution in [0, 0.1) is 41.0 Å². The molecular weight excluding hydrogens is 485 g/mol. The lowest BCUT2D eigenvalue weighted by Crippen LogP contribution is -2.30. The predicted molar refractivity (Wildman–Crippen MR) is 123 cm³/mol. The summed E-state index contributed by atoms with van der Waals surface area (Å²) in [7, 11) is 0. The number of alkyl halides is 3. The number of hydrogen-bond donors (Lipinski definition) is 0. The van der Waals surface area contributed by atoms with Crippen molar-refractivity contribution >= 4 is 0 Å². The second-order valence-electron chi connectivity index (χ2n) is 10.0. The van der Waals surface area contributed by atoms with E-state index in [1.165, 1.54) is 25.0 Å². The Balaban J connectivity index is 1.49. The van der Waals surface area contributed by atoms with E-state index < -0.39 is 46.5 Å². The third kappa shape index (κ3) is 6.06. The third-order valence-corrected chi connectivity index (χ3v) is 7.74. The molecule has 0 heterocycles. The van der Waals surface area contributed by atoms with Gasteiger partial charge in [0.25, 0.3) is 0 Å². The van der Waals surface area contributed by atoms with Crippen molar-refractivity contribution in [3.05, 3.63) is 65.2 Å². The quantitative estimate of drug-likeness (QED) is 0.276. The lowest BCUT2D eigenvalue weighted by Gasteiger charge is -2.42. The summed E-state index contributed by atoms with van der Waals surface area (Å²) in [5, 5.41) is 0. The van der Waals surface area contributed by atoms with Gasteiger partial charge in [-0.25, -0.2) is 17.6 Å². The Bertz CT molecular complexity index is 1060. The lowest BCUT2D eigenvalue weighted by molar-refractivity contribution is -0.276. The topological polar surface area (TPSA) is 9.23 Å². The van der Waals surface area contributed by atoms with Crippen LogP contribution in [0.3, 0.4) is 0 Å². The smallest absolute Gasteiger partial charge is 0.399 e. The van der Waals surface area contributed by atoms with E-state index in [1.54, 1.807) is 0 Å². The van der Waals surface area contributed by atoms with Gasteiger partial charge in [-0.1, -0.05) is 18.6 Å². The van der Waals surface area contributed by atoms with Crippen molar-refractivity contribution < 1.29 is 35.5 Å². The summed E-state index contributed by atoms with van der Waals surface area (Å²) >= 11 is 0. The Hall–Kier alpha value is -2.51. The van der Waals surface area contributed by atoms with Gasteiger partial charge in [-0.3, -0.25) is 0 Å². The van der Waals surface area contributed by atoms with Crippen molar-refractivity contribution in [2.45, 2.75) is 70.6 Å². The fourth-order valence-electron chi connectivity index (χ4n) is 6.07. The number of ether oxygens (including phenoxy) is 1. The van der Waals surface area contributed by atoms with Gasteiger partial charge in [-0.05, 0) is 111 Å². The first-order valence-electron chi connectivity index (χ1n) is 12.4. The minimum atomic E-state index is -5.31. The first-order valence-corrected chi connectivity index (χ1v) is 12.4. The molecule has 4 unspecified atom stereocenters. The summed E-state index contributed by atoms with van der Waals surface area (Å²) in [6, 6.07) is 3.24. The monoisotopic (exact) mass is 514 g/mol. The molecule has 1 nitrogen and oxygen atoms in total. The molecule has 0 saturated heterocycles. The second-order valence-corrected chi connectivity index (χ2v) is 10.0. The fraction of sp³-hybridized carbons (Fsp3) is 0.500. The summed E-state index contributed by atoms with van der Waals surface area (Å²) in [5.74, 6) is -5.25. The Morgan fingerprint density at radius 3 is 2.06 bits per heavy atom. The number of allylic oxidation sites excluding steroid dienone is 2. The van der Waals surface area contributed by atoms with Crippen LogP contribution >= 0.6 is 0 Å². The Morgan fingerprint density at radius 1 is 0.833 bits per heavy atom. The van der Waals surface area contributed by atoms with Crippen LogP contribution in [0.4, 0.5) is 30.7 Å². The van der Waals surface area contributed by atoms with Gasteiger partial charge in [0.2, 0.25) is 5.75 Å². The minimum Gasteiger partial charge on any atom is -0.399 e. The molecule has 0 N–H and O–H groups in total. The normalized spacial score (nSPS) is 24.7. The molecule has 0 aliphatic heterocycles. The zero-order chi connectivity index (χ0) is 26.0. The number of fused-ring (bicyclic) bond motifs is 1. The number of halogens is 7. The highest BCUT2D eigenvalue weighted by Crippen LogP contribution is 2.49. The van der Waals surface area contributed by atoms with Gasteiger partial charge < -0.3 is 4.74 Å². The standard InChI is InChI=1S/C28H29F7O/c1-2-3-4-5-16-6-7-18-11-19(9-8-17(18)10-16)20-12-22(29)26(23(30)13-20)21-14-24(31)27(25(32)15-21)36-28(33,34)35/h2-3,12-19H,4-11H2,1H3/b3-2+. The van der Waals surface area contributed by atoms with Crippen LogP contribution in [0.2, 0.25) is 0 Å². The van der Waals surface area contributed by atoms with Crippen molar-refractivity contribution in [2.75, 3.05) is 0 Å². The maximum atomic E-state index is 15.0. The van der Waals surface area contributed by atoms with Gasteiger partial charge in [0.1, 0.15) is 11.6 Å². The maximum absolute atomic E-state index is 15.0. The Labute approximate surface area is 206 Å². The van der Waals surface area contributed by atoms with Crippen LogP contribution in [0.25, 0.3) is 11.1 Å². The van der Waals surface area contributed by atoms with Crippen LogP contribution in [0.1, 0.15) is 69.8 Å². The molecule has 4 rings (SSSR count). The first kappa shape index (κ1) is 26.6. The predicted octanol–water partition coefficient (Wildman–Crippen LogP) is 9.46. The zero-order valence-corrected chi connectivity index (χ0v) is 20.0. The minimum absolute atomic E-state index is 0.0140. The maximum Gasteiger partial charge on any atom is 0.573 e. The third-order valence-electron chi connectivity index (χ3n) is 7.74. The van der Waals surface area contributed by atoms with Crippen molar-refractivity contribution in [1.29, 1.82) is 0 Å².